The summed E-state index contributed by atoms with van der Waals surface area (Å²) in [6.45, 7) is 0.828. The average Bonchev–Trinajstić information content (AvgIpc) is 2.65. The van der Waals surface area contributed by atoms with E-state index in [2.05, 4.69) is 11.2 Å². The van der Waals surface area contributed by atoms with Gasteiger partial charge in [-0.3, -0.25) is 19.3 Å². The molecule has 0 atom stereocenters. The Morgan fingerprint density at radius 3 is 2.61 bits per heavy atom. The zero-order valence-electron chi connectivity index (χ0n) is 9.85. The number of nitrogens with one attached hydrogen (secondary N) is 1. The van der Waals surface area contributed by atoms with Crippen molar-refractivity contribution in [2.24, 2.45) is 0 Å². The molecule has 0 aromatic carbocycles. The van der Waals surface area contributed by atoms with E-state index in [0.717, 1.165) is 17.1 Å². The summed E-state index contributed by atoms with van der Waals surface area (Å²) in [4.78, 5) is 34.6. The highest BCUT2D eigenvalue weighted by Crippen LogP contribution is 2.01. The molecule has 0 aromatic heterocycles. The standard InChI is InChI=1S/C12H14N2O4/c1-2-3-7-18-8-6-13-10(15)9-14-11(16)4-5-12(14)17/h1,4-5H,3,6-9H2,(H,13,15). The quantitative estimate of drug-likeness (QED) is 0.360. The summed E-state index contributed by atoms with van der Waals surface area (Å²) in [5.41, 5.74) is 0. The molecule has 0 aliphatic carbocycles. The van der Waals surface area contributed by atoms with Crippen LogP contribution in [0, 0.1) is 12.3 Å². The van der Waals surface area contributed by atoms with Crippen LogP contribution < -0.4 is 5.32 Å². The lowest BCUT2D eigenvalue weighted by Crippen LogP contribution is -2.41. The van der Waals surface area contributed by atoms with Crippen molar-refractivity contribution in [3.8, 4) is 12.3 Å². The molecule has 1 aliphatic heterocycles. The average molecular weight is 250 g/mol. The van der Waals surface area contributed by atoms with Crippen molar-refractivity contribution in [2.45, 2.75) is 6.42 Å². The van der Waals surface area contributed by atoms with Crippen LogP contribution in [0.25, 0.3) is 0 Å². The molecule has 96 valence electrons. The Hall–Kier alpha value is -2.13. The van der Waals surface area contributed by atoms with E-state index in [0.29, 0.717) is 26.2 Å². The molecular formula is C12H14N2O4. The summed E-state index contributed by atoms with van der Waals surface area (Å²) in [5, 5.41) is 2.54. The summed E-state index contributed by atoms with van der Waals surface area (Å²) in [6.07, 6.45) is 7.83. The maximum absolute atomic E-state index is 11.4. The first-order valence-corrected chi connectivity index (χ1v) is 5.46. The fourth-order valence-electron chi connectivity index (χ4n) is 1.28. The van der Waals surface area contributed by atoms with Crippen molar-refractivity contribution in [3.63, 3.8) is 0 Å². The highest BCUT2D eigenvalue weighted by atomic mass is 16.5. The normalized spacial score (nSPS) is 13.8. The summed E-state index contributed by atoms with van der Waals surface area (Å²) in [7, 11) is 0. The van der Waals surface area contributed by atoms with Gasteiger partial charge in [-0.15, -0.1) is 12.3 Å². The number of carbonyl (C=O) groups excluding carboxylic acids is 3. The van der Waals surface area contributed by atoms with Gasteiger partial charge in [0.1, 0.15) is 6.54 Å². The largest absolute Gasteiger partial charge is 0.379 e. The molecule has 0 saturated carbocycles. The molecule has 1 heterocycles. The second kappa shape index (κ2) is 7.25. The minimum absolute atomic E-state index is 0.269. The lowest BCUT2D eigenvalue weighted by atomic mass is 10.4. The van der Waals surface area contributed by atoms with Gasteiger partial charge in [-0.05, 0) is 0 Å². The molecule has 0 aromatic rings. The fraction of sp³-hybridized carbons (Fsp3) is 0.417. The number of hydrogen-bond donors (Lipinski definition) is 1. The van der Waals surface area contributed by atoms with Crippen molar-refractivity contribution in [3.05, 3.63) is 12.2 Å². The fourth-order valence-corrected chi connectivity index (χ4v) is 1.28. The highest BCUT2D eigenvalue weighted by molar-refractivity contribution is 6.14. The molecule has 1 aliphatic rings. The van der Waals surface area contributed by atoms with Gasteiger partial charge in [0.05, 0.1) is 13.2 Å². The van der Waals surface area contributed by atoms with Crippen molar-refractivity contribution in [1.29, 1.82) is 0 Å². The van der Waals surface area contributed by atoms with Crippen molar-refractivity contribution in [2.75, 3.05) is 26.3 Å². The lowest BCUT2D eigenvalue weighted by molar-refractivity contribution is -0.141. The molecule has 0 unspecified atom stereocenters. The smallest absolute Gasteiger partial charge is 0.254 e. The van der Waals surface area contributed by atoms with E-state index in [1.54, 1.807) is 0 Å². The maximum atomic E-state index is 11.4. The Balaban J connectivity index is 2.13. The zero-order valence-corrected chi connectivity index (χ0v) is 9.85. The van der Waals surface area contributed by atoms with Gasteiger partial charge in [0.25, 0.3) is 11.8 Å². The minimum atomic E-state index is -0.472. The van der Waals surface area contributed by atoms with Gasteiger partial charge in [0.15, 0.2) is 0 Å². The molecule has 3 amide bonds. The van der Waals surface area contributed by atoms with Gasteiger partial charge >= 0.3 is 0 Å². The van der Waals surface area contributed by atoms with Crippen LogP contribution in [-0.4, -0.2) is 48.9 Å². The van der Waals surface area contributed by atoms with Crippen LogP contribution in [0.5, 0.6) is 0 Å². The Labute approximate surface area is 105 Å². The van der Waals surface area contributed by atoms with E-state index in [-0.39, 0.29) is 6.54 Å². The molecule has 0 spiro atoms. The molecule has 0 saturated heterocycles. The predicted molar refractivity (Wildman–Crippen MR) is 63.1 cm³/mol. The minimum Gasteiger partial charge on any atom is -0.379 e. The topological polar surface area (TPSA) is 75.7 Å². The van der Waals surface area contributed by atoms with E-state index in [4.69, 9.17) is 11.2 Å². The molecule has 0 fully saturated rings. The number of nitrogens with zero attached hydrogens (tertiary/aromatic N) is 1. The predicted octanol–water partition coefficient (Wildman–Crippen LogP) is -0.932. The molecule has 6 heteroatoms. The number of carbonyl (C=O) groups is 3. The Bertz CT molecular complexity index is 391. The summed E-state index contributed by atoms with van der Waals surface area (Å²) in [5.74, 6) is 1.08. The molecule has 1 N–H and O–H groups in total. The van der Waals surface area contributed by atoms with E-state index in [1.165, 1.54) is 0 Å². The Morgan fingerprint density at radius 2 is 2.00 bits per heavy atom. The van der Waals surface area contributed by atoms with Crippen LogP contribution in [0.3, 0.4) is 0 Å². The number of ether oxygens (including phenoxy) is 1. The van der Waals surface area contributed by atoms with Crippen LogP contribution in [-0.2, 0) is 19.1 Å². The van der Waals surface area contributed by atoms with Crippen LogP contribution in [0.1, 0.15) is 6.42 Å². The van der Waals surface area contributed by atoms with Crippen molar-refractivity contribution < 1.29 is 19.1 Å². The summed E-state index contributed by atoms with van der Waals surface area (Å²) < 4.78 is 5.12. The van der Waals surface area contributed by atoms with Gasteiger partial charge in [0, 0.05) is 25.1 Å². The molecular weight excluding hydrogens is 236 g/mol. The molecule has 18 heavy (non-hydrogen) atoms. The third kappa shape index (κ3) is 4.39. The van der Waals surface area contributed by atoms with Gasteiger partial charge in [-0.2, -0.15) is 0 Å². The first kappa shape index (κ1) is 13.9. The number of amides is 3. The van der Waals surface area contributed by atoms with E-state index in [1.807, 2.05) is 0 Å². The third-order valence-corrected chi connectivity index (χ3v) is 2.16. The van der Waals surface area contributed by atoms with Gasteiger partial charge in [-0.25, -0.2) is 0 Å². The Morgan fingerprint density at radius 1 is 1.33 bits per heavy atom. The SMILES string of the molecule is C#CCCOCCNC(=O)CN1C(=O)C=CC1=O. The summed E-state index contributed by atoms with van der Waals surface area (Å²) in [6, 6.07) is 0. The van der Waals surface area contributed by atoms with E-state index >= 15 is 0 Å². The first-order chi connectivity index (χ1) is 8.65. The molecule has 0 radical (unpaired) electrons. The monoisotopic (exact) mass is 250 g/mol. The zero-order chi connectivity index (χ0) is 13.4. The van der Waals surface area contributed by atoms with Crippen LogP contribution in [0.15, 0.2) is 12.2 Å². The second-order valence-corrected chi connectivity index (χ2v) is 3.51. The van der Waals surface area contributed by atoms with Crippen LogP contribution in [0.2, 0.25) is 0 Å². The summed E-state index contributed by atoms with van der Waals surface area (Å²) >= 11 is 0. The first-order valence-electron chi connectivity index (χ1n) is 5.46. The molecule has 0 bridgehead atoms. The third-order valence-electron chi connectivity index (χ3n) is 2.16. The highest BCUT2D eigenvalue weighted by Gasteiger charge is 2.25. The maximum Gasteiger partial charge on any atom is 0.254 e. The number of hydrogen-bond acceptors (Lipinski definition) is 4. The van der Waals surface area contributed by atoms with Crippen LogP contribution in [0.4, 0.5) is 0 Å². The number of terminal acetylenes is 1. The van der Waals surface area contributed by atoms with Crippen molar-refractivity contribution >= 4 is 17.7 Å². The van der Waals surface area contributed by atoms with Gasteiger partial charge in [-0.1, -0.05) is 0 Å². The van der Waals surface area contributed by atoms with Gasteiger partial charge < -0.3 is 10.1 Å². The Kier molecular flexibility index (Phi) is 5.61. The number of imide groups is 1. The van der Waals surface area contributed by atoms with Crippen molar-refractivity contribution in [1.82, 2.24) is 10.2 Å². The number of rotatable bonds is 7. The van der Waals surface area contributed by atoms with E-state index in [9.17, 15) is 14.4 Å². The second-order valence-electron chi connectivity index (χ2n) is 3.51. The lowest BCUT2D eigenvalue weighted by Gasteiger charge is -2.13. The van der Waals surface area contributed by atoms with Crippen LogP contribution >= 0.6 is 0 Å². The molecule has 1 rings (SSSR count). The molecule has 6 nitrogen and oxygen atoms in total. The van der Waals surface area contributed by atoms with E-state index < -0.39 is 17.7 Å². The van der Waals surface area contributed by atoms with Gasteiger partial charge in [0.2, 0.25) is 5.91 Å².